The molecule has 0 atom stereocenters. The highest BCUT2D eigenvalue weighted by Gasteiger charge is 2.53. The van der Waals surface area contributed by atoms with Gasteiger partial charge in [-0.05, 0) is 25.0 Å². The van der Waals surface area contributed by atoms with Gasteiger partial charge >= 0.3 is 0 Å². The Morgan fingerprint density at radius 2 is 2.13 bits per heavy atom. The van der Waals surface area contributed by atoms with Gasteiger partial charge in [0.1, 0.15) is 0 Å². The van der Waals surface area contributed by atoms with Crippen LogP contribution in [0, 0.1) is 0 Å². The van der Waals surface area contributed by atoms with Crippen molar-refractivity contribution < 1.29 is 4.79 Å². The van der Waals surface area contributed by atoms with Crippen LogP contribution in [0.15, 0.2) is 18.3 Å². The second-order valence-corrected chi connectivity index (χ2v) is 4.26. The Labute approximate surface area is 89.1 Å². The topological polar surface area (TPSA) is 59.2 Å². The van der Waals surface area contributed by atoms with Crippen molar-refractivity contribution in [3.8, 4) is 0 Å². The summed E-state index contributed by atoms with van der Waals surface area (Å²) < 4.78 is 0. The highest BCUT2D eigenvalue weighted by atomic mass is 16.2. The summed E-state index contributed by atoms with van der Waals surface area (Å²) in [4.78, 5) is 17.8. The lowest BCUT2D eigenvalue weighted by Gasteiger charge is -2.19. The standard InChI is InChI=1S/C11H15N3O/c1-14(2)10(15)11(5-6-11)9-4-3-8(12)7-13-9/h3-4,7H,5-6,12H2,1-2H3. The first-order valence-corrected chi connectivity index (χ1v) is 5.00. The van der Waals surface area contributed by atoms with E-state index in [0.717, 1.165) is 18.5 Å². The van der Waals surface area contributed by atoms with Crippen molar-refractivity contribution in [2.75, 3.05) is 19.8 Å². The Hall–Kier alpha value is -1.58. The predicted octanol–water partition coefficient (Wildman–Crippen LogP) is 0.784. The molecule has 1 aliphatic rings. The van der Waals surface area contributed by atoms with Crippen molar-refractivity contribution in [1.82, 2.24) is 9.88 Å². The van der Waals surface area contributed by atoms with E-state index >= 15 is 0 Å². The highest BCUT2D eigenvalue weighted by Crippen LogP contribution is 2.48. The summed E-state index contributed by atoms with van der Waals surface area (Å²) in [6.45, 7) is 0. The monoisotopic (exact) mass is 205 g/mol. The van der Waals surface area contributed by atoms with E-state index in [4.69, 9.17) is 5.73 Å². The number of hydrogen-bond acceptors (Lipinski definition) is 3. The molecule has 80 valence electrons. The summed E-state index contributed by atoms with van der Waals surface area (Å²) >= 11 is 0. The third-order valence-corrected chi connectivity index (χ3v) is 2.84. The zero-order valence-corrected chi connectivity index (χ0v) is 9.03. The molecular formula is C11H15N3O. The highest BCUT2D eigenvalue weighted by molar-refractivity contribution is 5.90. The molecule has 1 aromatic heterocycles. The van der Waals surface area contributed by atoms with Gasteiger partial charge in [-0.15, -0.1) is 0 Å². The van der Waals surface area contributed by atoms with Crippen molar-refractivity contribution >= 4 is 11.6 Å². The van der Waals surface area contributed by atoms with Crippen LogP contribution in [-0.2, 0) is 10.2 Å². The molecule has 2 rings (SSSR count). The van der Waals surface area contributed by atoms with Gasteiger partial charge in [-0.1, -0.05) is 0 Å². The summed E-state index contributed by atoms with van der Waals surface area (Å²) in [6.07, 6.45) is 3.39. The maximum atomic E-state index is 12.0. The maximum Gasteiger partial charge on any atom is 0.234 e. The van der Waals surface area contributed by atoms with E-state index in [1.807, 2.05) is 6.07 Å². The van der Waals surface area contributed by atoms with Crippen LogP contribution in [0.25, 0.3) is 0 Å². The third kappa shape index (κ3) is 1.56. The number of likely N-dealkylation sites (N-methyl/N-ethyl adjacent to an activating group) is 1. The molecule has 1 saturated carbocycles. The van der Waals surface area contributed by atoms with Gasteiger partial charge < -0.3 is 10.6 Å². The molecule has 0 spiro atoms. The van der Waals surface area contributed by atoms with Crippen LogP contribution >= 0.6 is 0 Å². The van der Waals surface area contributed by atoms with Crippen LogP contribution in [0.3, 0.4) is 0 Å². The lowest BCUT2D eigenvalue weighted by molar-refractivity contribution is -0.131. The molecule has 0 saturated heterocycles. The van der Waals surface area contributed by atoms with Gasteiger partial charge in [0.25, 0.3) is 0 Å². The van der Waals surface area contributed by atoms with Crippen molar-refractivity contribution in [3.05, 3.63) is 24.0 Å². The minimum absolute atomic E-state index is 0.139. The van der Waals surface area contributed by atoms with E-state index in [2.05, 4.69) is 4.98 Å². The fourth-order valence-electron chi connectivity index (χ4n) is 1.82. The maximum absolute atomic E-state index is 12.0. The Kier molecular flexibility index (Phi) is 2.14. The summed E-state index contributed by atoms with van der Waals surface area (Å²) in [5.41, 5.74) is 6.68. The molecule has 0 aliphatic heterocycles. The number of hydrogen-bond donors (Lipinski definition) is 1. The largest absolute Gasteiger partial charge is 0.397 e. The van der Waals surface area contributed by atoms with Crippen molar-refractivity contribution in [3.63, 3.8) is 0 Å². The van der Waals surface area contributed by atoms with E-state index in [-0.39, 0.29) is 11.3 Å². The van der Waals surface area contributed by atoms with Crippen LogP contribution in [0.5, 0.6) is 0 Å². The fraction of sp³-hybridized carbons (Fsp3) is 0.455. The molecule has 15 heavy (non-hydrogen) atoms. The van der Waals surface area contributed by atoms with Gasteiger partial charge in [0, 0.05) is 14.1 Å². The first-order chi connectivity index (χ1) is 7.06. The lowest BCUT2D eigenvalue weighted by atomic mass is 10.00. The molecule has 1 fully saturated rings. The molecule has 4 heteroatoms. The summed E-state index contributed by atoms with van der Waals surface area (Å²) in [5, 5.41) is 0. The zero-order chi connectivity index (χ0) is 11.1. The molecule has 4 nitrogen and oxygen atoms in total. The minimum atomic E-state index is -0.364. The van der Waals surface area contributed by atoms with Crippen LogP contribution in [0.1, 0.15) is 18.5 Å². The number of rotatable bonds is 2. The fourth-order valence-corrected chi connectivity index (χ4v) is 1.82. The number of carbonyl (C=O) groups excluding carboxylic acids is 1. The van der Waals surface area contributed by atoms with Gasteiger partial charge in [0.15, 0.2) is 0 Å². The Bertz CT molecular complexity index is 379. The summed E-state index contributed by atoms with van der Waals surface area (Å²) in [7, 11) is 3.55. The first kappa shape index (κ1) is 9.96. The number of anilines is 1. The number of amides is 1. The van der Waals surface area contributed by atoms with Crippen molar-refractivity contribution in [2.24, 2.45) is 0 Å². The summed E-state index contributed by atoms with van der Waals surface area (Å²) in [6, 6.07) is 3.65. The normalized spacial score (nSPS) is 17.2. The molecule has 2 N–H and O–H groups in total. The average Bonchev–Trinajstić information content (AvgIpc) is 2.99. The molecule has 1 amide bonds. The van der Waals surface area contributed by atoms with Gasteiger partial charge in [-0.3, -0.25) is 9.78 Å². The number of nitrogen functional groups attached to an aromatic ring is 1. The van der Waals surface area contributed by atoms with Gasteiger partial charge in [0.05, 0.1) is 23.0 Å². The van der Waals surface area contributed by atoms with Crippen LogP contribution in [-0.4, -0.2) is 29.9 Å². The Morgan fingerprint density at radius 1 is 1.47 bits per heavy atom. The molecule has 1 heterocycles. The smallest absolute Gasteiger partial charge is 0.234 e. The molecule has 0 bridgehead atoms. The van der Waals surface area contributed by atoms with E-state index in [0.29, 0.717) is 5.69 Å². The van der Waals surface area contributed by atoms with Gasteiger partial charge in [-0.25, -0.2) is 0 Å². The summed E-state index contributed by atoms with van der Waals surface area (Å²) in [5.74, 6) is 0.139. The van der Waals surface area contributed by atoms with E-state index in [1.165, 1.54) is 0 Å². The van der Waals surface area contributed by atoms with Gasteiger partial charge in [-0.2, -0.15) is 0 Å². The molecule has 1 aromatic rings. The quantitative estimate of drug-likeness (QED) is 0.776. The second kappa shape index (κ2) is 3.22. The number of aromatic nitrogens is 1. The SMILES string of the molecule is CN(C)C(=O)C1(c2ccc(N)cn2)CC1. The minimum Gasteiger partial charge on any atom is -0.397 e. The van der Waals surface area contributed by atoms with Crippen molar-refractivity contribution in [2.45, 2.75) is 18.3 Å². The van der Waals surface area contributed by atoms with Crippen molar-refractivity contribution in [1.29, 1.82) is 0 Å². The molecule has 0 aromatic carbocycles. The third-order valence-electron chi connectivity index (χ3n) is 2.84. The number of carbonyl (C=O) groups is 1. The predicted molar refractivity (Wildman–Crippen MR) is 58.3 cm³/mol. The number of pyridine rings is 1. The average molecular weight is 205 g/mol. The number of nitrogens with zero attached hydrogens (tertiary/aromatic N) is 2. The molecule has 0 radical (unpaired) electrons. The molecule has 0 unspecified atom stereocenters. The Balaban J connectivity index is 2.30. The Morgan fingerprint density at radius 3 is 2.53 bits per heavy atom. The lowest BCUT2D eigenvalue weighted by Crippen LogP contribution is -2.34. The number of nitrogens with two attached hydrogens (primary N) is 1. The first-order valence-electron chi connectivity index (χ1n) is 5.00. The molecular weight excluding hydrogens is 190 g/mol. The van der Waals surface area contributed by atoms with E-state index in [1.54, 1.807) is 31.3 Å². The molecule has 1 aliphatic carbocycles. The second-order valence-electron chi connectivity index (χ2n) is 4.26. The van der Waals surface area contributed by atoms with Gasteiger partial charge in [0.2, 0.25) is 5.91 Å². The van der Waals surface area contributed by atoms with E-state index in [9.17, 15) is 4.79 Å². The van der Waals surface area contributed by atoms with Crippen LogP contribution in [0.4, 0.5) is 5.69 Å². The van der Waals surface area contributed by atoms with Crippen LogP contribution in [0.2, 0.25) is 0 Å². The van der Waals surface area contributed by atoms with E-state index < -0.39 is 0 Å². The van der Waals surface area contributed by atoms with Crippen LogP contribution < -0.4 is 5.73 Å². The zero-order valence-electron chi connectivity index (χ0n) is 9.03.